The molecule has 2 N–H and O–H groups in total. The molecule has 1 unspecified atom stereocenters. The van der Waals surface area contributed by atoms with E-state index < -0.39 is 5.60 Å². The van der Waals surface area contributed by atoms with Crippen molar-refractivity contribution in [3.63, 3.8) is 0 Å². The van der Waals surface area contributed by atoms with Crippen LogP contribution < -0.4 is 5.32 Å². The fraction of sp³-hybridized carbons (Fsp3) is 0.438. The van der Waals surface area contributed by atoms with E-state index in [1.54, 1.807) is 6.92 Å². The molecule has 1 aromatic rings. The Balaban J connectivity index is 2.68. The van der Waals surface area contributed by atoms with Crippen LogP contribution in [0.5, 0.6) is 0 Å². The Labute approximate surface area is 120 Å². The number of methoxy groups -OCH3 is 1. The average molecular weight is 275 g/mol. The van der Waals surface area contributed by atoms with Crippen molar-refractivity contribution in [3.8, 4) is 11.8 Å². The highest BCUT2D eigenvalue weighted by Gasteiger charge is 2.30. The van der Waals surface area contributed by atoms with Crippen molar-refractivity contribution in [2.75, 3.05) is 13.7 Å². The van der Waals surface area contributed by atoms with Crippen molar-refractivity contribution in [2.45, 2.75) is 32.4 Å². The standard InChI is InChI=1S/C16H21NO3/c1-4-16(2,20-3)15(19)17-12-14-8-5-7-13(11-14)9-6-10-18/h5,7-8,11,18H,4,10,12H2,1-3H3,(H,17,19). The van der Waals surface area contributed by atoms with Crippen LogP contribution in [-0.2, 0) is 16.1 Å². The number of carbonyl (C=O) groups is 1. The third kappa shape index (κ3) is 4.37. The Morgan fingerprint density at radius 1 is 1.50 bits per heavy atom. The predicted octanol–water partition coefficient (Wildman–Crippen LogP) is 1.46. The monoisotopic (exact) mass is 275 g/mol. The lowest BCUT2D eigenvalue weighted by Crippen LogP contribution is -2.45. The summed E-state index contributed by atoms with van der Waals surface area (Å²) in [4.78, 5) is 12.1. The highest BCUT2D eigenvalue weighted by molar-refractivity contribution is 5.84. The molecule has 4 heteroatoms. The van der Waals surface area contributed by atoms with Crippen LogP contribution in [0.15, 0.2) is 24.3 Å². The first kappa shape index (κ1) is 16.2. The minimum absolute atomic E-state index is 0.130. The van der Waals surface area contributed by atoms with E-state index in [0.29, 0.717) is 13.0 Å². The lowest BCUT2D eigenvalue weighted by molar-refractivity contribution is -0.142. The fourth-order valence-electron chi connectivity index (χ4n) is 1.67. The quantitative estimate of drug-likeness (QED) is 0.800. The molecule has 4 nitrogen and oxygen atoms in total. The summed E-state index contributed by atoms with van der Waals surface area (Å²) in [7, 11) is 1.54. The van der Waals surface area contributed by atoms with Gasteiger partial charge in [0.2, 0.25) is 0 Å². The zero-order valence-electron chi connectivity index (χ0n) is 12.2. The summed E-state index contributed by atoms with van der Waals surface area (Å²) in [5.74, 6) is 5.30. The summed E-state index contributed by atoms with van der Waals surface area (Å²) >= 11 is 0. The Kier molecular flexibility index (Phi) is 6.23. The van der Waals surface area contributed by atoms with Crippen LogP contribution in [0.25, 0.3) is 0 Å². The number of carbonyl (C=O) groups excluding carboxylic acids is 1. The summed E-state index contributed by atoms with van der Waals surface area (Å²) in [6.45, 7) is 3.94. The minimum atomic E-state index is -0.797. The lowest BCUT2D eigenvalue weighted by atomic mass is 10.0. The molecule has 0 aliphatic rings. The first-order valence-corrected chi connectivity index (χ1v) is 6.58. The second-order valence-corrected chi connectivity index (χ2v) is 4.63. The number of aliphatic hydroxyl groups is 1. The van der Waals surface area contributed by atoms with Gasteiger partial charge < -0.3 is 15.2 Å². The molecule has 0 aliphatic heterocycles. The second kappa shape index (κ2) is 7.68. The molecule has 0 radical (unpaired) electrons. The smallest absolute Gasteiger partial charge is 0.252 e. The van der Waals surface area contributed by atoms with E-state index in [0.717, 1.165) is 11.1 Å². The molecule has 0 spiro atoms. The number of nitrogens with one attached hydrogen (secondary N) is 1. The Bertz CT molecular complexity index is 510. The van der Waals surface area contributed by atoms with Crippen molar-refractivity contribution in [1.82, 2.24) is 5.32 Å². The van der Waals surface area contributed by atoms with Crippen LogP contribution in [-0.4, -0.2) is 30.3 Å². The molecular weight excluding hydrogens is 254 g/mol. The van der Waals surface area contributed by atoms with E-state index in [-0.39, 0.29) is 12.5 Å². The second-order valence-electron chi connectivity index (χ2n) is 4.63. The minimum Gasteiger partial charge on any atom is -0.384 e. The number of hydrogen-bond donors (Lipinski definition) is 2. The highest BCUT2D eigenvalue weighted by atomic mass is 16.5. The van der Waals surface area contributed by atoms with E-state index in [1.165, 1.54) is 7.11 Å². The normalized spacial score (nSPS) is 13.0. The van der Waals surface area contributed by atoms with E-state index in [9.17, 15) is 4.79 Å². The highest BCUT2D eigenvalue weighted by Crippen LogP contribution is 2.14. The summed E-state index contributed by atoms with van der Waals surface area (Å²) in [6.07, 6.45) is 0.608. The molecule has 0 aliphatic carbocycles. The van der Waals surface area contributed by atoms with Gasteiger partial charge in [-0.1, -0.05) is 30.9 Å². The zero-order valence-corrected chi connectivity index (χ0v) is 12.2. The van der Waals surface area contributed by atoms with Gasteiger partial charge in [-0.05, 0) is 31.0 Å². The summed E-state index contributed by atoms with van der Waals surface area (Å²) in [5.41, 5.74) is 0.974. The van der Waals surface area contributed by atoms with Crippen LogP contribution in [0, 0.1) is 11.8 Å². The maximum Gasteiger partial charge on any atom is 0.252 e. The number of ether oxygens (including phenoxy) is 1. The van der Waals surface area contributed by atoms with E-state index >= 15 is 0 Å². The van der Waals surface area contributed by atoms with Crippen molar-refractivity contribution < 1.29 is 14.6 Å². The van der Waals surface area contributed by atoms with Gasteiger partial charge in [0, 0.05) is 19.2 Å². The molecular formula is C16H21NO3. The van der Waals surface area contributed by atoms with Gasteiger partial charge in [0.15, 0.2) is 0 Å². The molecule has 0 saturated heterocycles. The molecule has 0 fully saturated rings. The van der Waals surface area contributed by atoms with Crippen molar-refractivity contribution in [2.24, 2.45) is 0 Å². The largest absolute Gasteiger partial charge is 0.384 e. The first-order chi connectivity index (χ1) is 9.55. The number of benzene rings is 1. The Hall–Kier alpha value is -1.83. The molecule has 108 valence electrons. The zero-order chi connectivity index (χ0) is 15.0. The molecule has 0 heterocycles. The van der Waals surface area contributed by atoms with Gasteiger partial charge in [-0.3, -0.25) is 4.79 Å². The summed E-state index contributed by atoms with van der Waals surface area (Å²) in [6, 6.07) is 7.54. The lowest BCUT2D eigenvalue weighted by Gasteiger charge is -2.25. The van der Waals surface area contributed by atoms with Gasteiger partial charge in [0.25, 0.3) is 5.91 Å². The molecule has 1 rings (SSSR count). The van der Waals surface area contributed by atoms with Crippen LogP contribution in [0.1, 0.15) is 31.4 Å². The van der Waals surface area contributed by atoms with Gasteiger partial charge in [-0.2, -0.15) is 0 Å². The molecule has 1 atom stereocenters. The number of amides is 1. The summed E-state index contributed by atoms with van der Waals surface area (Å²) < 4.78 is 5.25. The van der Waals surface area contributed by atoms with Crippen LogP contribution in [0.3, 0.4) is 0 Å². The topological polar surface area (TPSA) is 58.6 Å². The Morgan fingerprint density at radius 3 is 2.85 bits per heavy atom. The van der Waals surface area contributed by atoms with E-state index in [4.69, 9.17) is 9.84 Å². The van der Waals surface area contributed by atoms with E-state index in [2.05, 4.69) is 17.2 Å². The molecule has 20 heavy (non-hydrogen) atoms. The predicted molar refractivity (Wildman–Crippen MR) is 78.0 cm³/mol. The maximum atomic E-state index is 12.1. The third-order valence-electron chi connectivity index (χ3n) is 3.30. The van der Waals surface area contributed by atoms with Crippen molar-refractivity contribution >= 4 is 5.91 Å². The van der Waals surface area contributed by atoms with Crippen LogP contribution >= 0.6 is 0 Å². The maximum absolute atomic E-state index is 12.1. The number of aliphatic hydroxyl groups excluding tert-OH is 1. The van der Waals surface area contributed by atoms with Crippen molar-refractivity contribution in [1.29, 1.82) is 0 Å². The molecule has 0 saturated carbocycles. The van der Waals surface area contributed by atoms with E-state index in [1.807, 2.05) is 31.2 Å². The Morgan fingerprint density at radius 2 is 2.25 bits per heavy atom. The third-order valence-corrected chi connectivity index (χ3v) is 3.30. The summed E-state index contributed by atoms with van der Waals surface area (Å²) in [5, 5.41) is 11.5. The first-order valence-electron chi connectivity index (χ1n) is 6.58. The SMILES string of the molecule is CCC(C)(OC)C(=O)NCc1cccc(C#CCO)c1. The van der Waals surface area contributed by atoms with Crippen LogP contribution in [0.2, 0.25) is 0 Å². The molecule has 0 aromatic heterocycles. The molecule has 0 bridgehead atoms. The van der Waals surface area contributed by atoms with Crippen molar-refractivity contribution in [3.05, 3.63) is 35.4 Å². The molecule has 1 amide bonds. The number of rotatable bonds is 5. The van der Waals surface area contributed by atoms with Gasteiger partial charge >= 0.3 is 0 Å². The van der Waals surface area contributed by atoms with Gasteiger partial charge in [0.1, 0.15) is 12.2 Å². The average Bonchev–Trinajstić information content (AvgIpc) is 2.50. The van der Waals surface area contributed by atoms with Crippen LogP contribution in [0.4, 0.5) is 0 Å². The van der Waals surface area contributed by atoms with Gasteiger partial charge in [-0.15, -0.1) is 0 Å². The fourth-order valence-corrected chi connectivity index (χ4v) is 1.67. The van der Waals surface area contributed by atoms with Gasteiger partial charge in [-0.25, -0.2) is 0 Å². The van der Waals surface area contributed by atoms with Gasteiger partial charge in [0.05, 0.1) is 0 Å². The molecule has 1 aromatic carbocycles. The number of hydrogen-bond acceptors (Lipinski definition) is 3.